The summed E-state index contributed by atoms with van der Waals surface area (Å²) in [6.45, 7) is 6.79. The van der Waals surface area contributed by atoms with Crippen LogP contribution >= 0.6 is 11.8 Å². The lowest BCUT2D eigenvalue weighted by Crippen LogP contribution is -2.22. The molecule has 0 saturated heterocycles. The van der Waals surface area contributed by atoms with Crippen LogP contribution < -0.4 is 0 Å². The van der Waals surface area contributed by atoms with Crippen LogP contribution in [0.2, 0.25) is 0 Å². The summed E-state index contributed by atoms with van der Waals surface area (Å²) in [5, 5.41) is 0.843. The molecule has 0 aliphatic heterocycles. The van der Waals surface area contributed by atoms with Gasteiger partial charge in [0.2, 0.25) is 0 Å². The molecular weight excluding hydrogens is 340 g/mol. The van der Waals surface area contributed by atoms with Crippen molar-refractivity contribution in [2.75, 3.05) is 5.75 Å². The molecule has 1 aromatic carbocycles. The minimum Gasteiger partial charge on any atom is -0.290 e. The van der Waals surface area contributed by atoms with E-state index in [1.807, 2.05) is 24.8 Å². The molecule has 0 atom stereocenters. The Bertz CT molecular complexity index is 789. The van der Waals surface area contributed by atoms with Gasteiger partial charge in [0, 0.05) is 50.0 Å². The first-order valence-electron chi connectivity index (χ1n) is 8.83. The van der Waals surface area contributed by atoms with Crippen LogP contribution in [0.1, 0.15) is 29.2 Å². The van der Waals surface area contributed by atoms with Crippen LogP contribution in [0.25, 0.3) is 0 Å². The Morgan fingerprint density at radius 1 is 0.808 bits per heavy atom. The molecule has 0 fully saturated rings. The van der Waals surface area contributed by atoms with E-state index in [-0.39, 0.29) is 0 Å². The second-order valence-electron chi connectivity index (χ2n) is 6.29. The van der Waals surface area contributed by atoms with Crippen LogP contribution in [0.5, 0.6) is 0 Å². The molecule has 0 amide bonds. The van der Waals surface area contributed by atoms with Gasteiger partial charge in [-0.2, -0.15) is 0 Å². The highest BCUT2D eigenvalue weighted by atomic mass is 32.2. The minimum absolute atomic E-state index is 0.813. The lowest BCUT2D eigenvalue weighted by molar-refractivity contribution is 0.247. The standard InChI is InChI=1S/C21H24N4S/c1-3-26-21-23-12-20(13-24-21)16-25(15-19-8-10-22-11-9-19)14-18-6-4-17(2)5-7-18/h4-13H,3,14-16H2,1-2H3. The summed E-state index contributed by atoms with van der Waals surface area (Å²) >= 11 is 1.67. The van der Waals surface area contributed by atoms with Gasteiger partial charge >= 0.3 is 0 Å². The van der Waals surface area contributed by atoms with Crippen molar-refractivity contribution in [3.8, 4) is 0 Å². The number of aromatic nitrogens is 3. The first kappa shape index (κ1) is 18.5. The van der Waals surface area contributed by atoms with Gasteiger partial charge in [0.1, 0.15) is 0 Å². The van der Waals surface area contributed by atoms with Gasteiger partial charge in [-0.3, -0.25) is 9.88 Å². The fourth-order valence-corrected chi connectivity index (χ4v) is 3.26. The normalized spacial score (nSPS) is 11.0. The lowest BCUT2D eigenvalue weighted by Gasteiger charge is -2.22. The number of rotatable bonds is 8. The fraction of sp³-hybridized carbons (Fsp3) is 0.286. The van der Waals surface area contributed by atoms with Gasteiger partial charge in [-0.15, -0.1) is 0 Å². The fourth-order valence-electron chi connectivity index (χ4n) is 2.75. The third-order valence-electron chi connectivity index (χ3n) is 4.04. The second-order valence-corrected chi connectivity index (χ2v) is 7.52. The third-order valence-corrected chi connectivity index (χ3v) is 4.80. The lowest BCUT2D eigenvalue weighted by atomic mass is 10.1. The maximum Gasteiger partial charge on any atom is 0.187 e. The topological polar surface area (TPSA) is 41.9 Å². The van der Waals surface area contributed by atoms with Crippen LogP contribution in [-0.4, -0.2) is 25.6 Å². The van der Waals surface area contributed by atoms with Crippen molar-refractivity contribution < 1.29 is 0 Å². The Labute approximate surface area is 159 Å². The molecular formula is C21H24N4S. The Morgan fingerprint density at radius 2 is 1.38 bits per heavy atom. The predicted molar refractivity (Wildman–Crippen MR) is 107 cm³/mol. The maximum absolute atomic E-state index is 4.46. The monoisotopic (exact) mass is 364 g/mol. The SMILES string of the molecule is CCSc1ncc(CN(Cc2ccncc2)Cc2ccc(C)cc2)cn1. The van der Waals surface area contributed by atoms with Crippen LogP contribution in [0.15, 0.2) is 66.3 Å². The average molecular weight is 365 g/mol. The largest absolute Gasteiger partial charge is 0.290 e. The number of pyridine rings is 1. The van der Waals surface area contributed by atoms with E-state index in [9.17, 15) is 0 Å². The van der Waals surface area contributed by atoms with Crippen molar-refractivity contribution in [3.05, 3.63) is 83.4 Å². The molecule has 0 radical (unpaired) electrons. The number of benzene rings is 1. The van der Waals surface area contributed by atoms with E-state index in [1.54, 1.807) is 11.8 Å². The number of thioether (sulfide) groups is 1. The van der Waals surface area contributed by atoms with Crippen molar-refractivity contribution in [1.82, 2.24) is 19.9 Å². The van der Waals surface area contributed by atoms with E-state index in [2.05, 4.69) is 70.1 Å². The van der Waals surface area contributed by atoms with E-state index in [0.29, 0.717) is 0 Å². The van der Waals surface area contributed by atoms with Crippen molar-refractivity contribution in [2.24, 2.45) is 0 Å². The van der Waals surface area contributed by atoms with Gasteiger partial charge in [0.05, 0.1) is 0 Å². The molecule has 0 unspecified atom stereocenters. The Kier molecular flexibility index (Phi) is 6.75. The van der Waals surface area contributed by atoms with E-state index < -0.39 is 0 Å². The predicted octanol–water partition coefficient (Wildman–Crippen LogP) is 4.49. The van der Waals surface area contributed by atoms with E-state index >= 15 is 0 Å². The molecule has 5 heteroatoms. The smallest absolute Gasteiger partial charge is 0.187 e. The highest BCUT2D eigenvalue weighted by Gasteiger charge is 2.09. The molecule has 0 saturated carbocycles. The van der Waals surface area contributed by atoms with E-state index in [1.165, 1.54) is 16.7 Å². The van der Waals surface area contributed by atoms with Crippen molar-refractivity contribution in [2.45, 2.75) is 38.6 Å². The van der Waals surface area contributed by atoms with Gasteiger partial charge in [0.25, 0.3) is 0 Å². The second kappa shape index (κ2) is 9.46. The molecule has 0 N–H and O–H groups in total. The quantitative estimate of drug-likeness (QED) is 0.435. The zero-order chi connectivity index (χ0) is 18.2. The number of aryl methyl sites for hydroxylation is 1. The van der Waals surface area contributed by atoms with E-state index in [4.69, 9.17) is 0 Å². The van der Waals surface area contributed by atoms with Gasteiger partial charge in [0.15, 0.2) is 5.16 Å². The number of nitrogens with zero attached hydrogens (tertiary/aromatic N) is 4. The molecule has 2 heterocycles. The first-order valence-corrected chi connectivity index (χ1v) is 9.82. The Balaban J connectivity index is 1.74. The molecule has 3 aromatic rings. The molecule has 26 heavy (non-hydrogen) atoms. The van der Waals surface area contributed by atoms with Crippen molar-refractivity contribution >= 4 is 11.8 Å². The summed E-state index contributed by atoms with van der Waals surface area (Å²) < 4.78 is 0. The number of hydrogen-bond donors (Lipinski definition) is 0. The van der Waals surface area contributed by atoms with Crippen molar-refractivity contribution in [3.63, 3.8) is 0 Å². The third kappa shape index (κ3) is 5.64. The molecule has 0 aliphatic rings. The number of hydrogen-bond acceptors (Lipinski definition) is 5. The van der Waals surface area contributed by atoms with Gasteiger partial charge in [-0.1, -0.05) is 48.5 Å². The zero-order valence-corrected chi connectivity index (χ0v) is 16.1. The minimum atomic E-state index is 0.813. The Morgan fingerprint density at radius 3 is 2.00 bits per heavy atom. The summed E-state index contributed by atoms with van der Waals surface area (Å²) in [6.07, 6.45) is 7.58. The Hall–Kier alpha value is -2.24. The summed E-state index contributed by atoms with van der Waals surface area (Å²) in [7, 11) is 0. The first-order chi connectivity index (χ1) is 12.7. The molecule has 0 bridgehead atoms. The zero-order valence-electron chi connectivity index (χ0n) is 15.3. The maximum atomic E-state index is 4.46. The highest BCUT2D eigenvalue weighted by molar-refractivity contribution is 7.99. The van der Waals surface area contributed by atoms with Crippen LogP contribution in [0.4, 0.5) is 0 Å². The van der Waals surface area contributed by atoms with Gasteiger partial charge in [-0.25, -0.2) is 9.97 Å². The average Bonchev–Trinajstić information content (AvgIpc) is 2.66. The molecule has 2 aromatic heterocycles. The van der Waals surface area contributed by atoms with E-state index in [0.717, 1.165) is 36.1 Å². The van der Waals surface area contributed by atoms with Crippen LogP contribution in [0.3, 0.4) is 0 Å². The summed E-state index contributed by atoms with van der Waals surface area (Å²) in [5.74, 6) is 0.987. The molecule has 4 nitrogen and oxygen atoms in total. The summed E-state index contributed by atoms with van der Waals surface area (Å²) in [6, 6.07) is 12.9. The molecule has 3 rings (SSSR count). The van der Waals surface area contributed by atoms with Crippen LogP contribution in [-0.2, 0) is 19.6 Å². The summed E-state index contributed by atoms with van der Waals surface area (Å²) in [5.41, 5.74) is 4.98. The molecule has 0 aliphatic carbocycles. The molecule has 0 spiro atoms. The summed E-state index contributed by atoms with van der Waals surface area (Å²) in [4.78, 5) is 15.4. The highest BCUT2D eigenvalue weighted by Crippen LogP contribution is 2.16. The molecule has 134 valence electrons. The van der Waals surface area contributed by atoms with Crippen molar-refractivity contribution in [1.29, 1.82) is 0 Å². The van der Waals surface area contributed by atoms with Gasteiger partial charge in [-0.05, 0) is 35.9 Å². The van der Waals surface area contributed by atoms with Gasteiger partial charge < -0.3 is 0 Å². The van der Waals surface area contributed by atoms with Crippen LogP contribution in [0, 0.1) is 6.92 Å².